The molecule has 7 heteroatoms. The van der Waals surface area contributed by atoms with E-state index in [2.05, 4.69) is 10.2 Å². The largest absolute Gasteiger partial charge is 0.336 e. The number of aromatic nitrogens is 3. The Morgan fingerprint density at radius 1 is 1.18 bits per heavy atom. The number of aryl methyl sites for hydroxylation is 1. The lowest BCUT2D eigenvalue weighted by Gasteiger charge is -2.23. The molecule has 0 saturated heterocycles. The van der Waals surface area contributed by atoms with Crippen LogP contribution in [0.5, 0.6) is 0 Å². The van der Waals surface area contributed by atoms with Crippen LogP contribution in [-0.4, -0.2) is 26.5 Å². The Balaban J connectivity index is 1.51. The highest BCUT2D eigenvalue weighted by atomic mass is 32.2. The molecule has 144 valence electrons. The molecule has 2 aromatic carbocycles. The first-order valence-electron chi connectivity index (χ1n) is 9.36. The van der Waals surface area contributed by atoms with Crippen LogP contribution in [0, 0.1) is 6.92 Å². The van der Waals surface area contributed by atoms with Crippen LogP contribution >= 0.6 is 11.8 Å². The van der Waals surface area contributed by atoms with E-state index < -0.39 is 0 Å². The quantitative estimate of drug-likeness (QED) is 0.491. The van der Waals surface area contributed by atoms with Crippen molar-refractivity contribution in [2.45, 2.75) is 37.4 Å². The summed E-state index contributed by atoms with van der Waals surface area (Å²) in [6.45, 7) is 2.55. The van der Waals surface area contributed by atoms with Gasteiger partial charge in [0.1, 0.15) is 0 Å². The summed E-state index contributed by atoms with van der Waals surface area (Å²) in [6.07, 6.45) is 2.22. The molecule has 0 spiro atoms. The Kier molecular flexibility index (Phi) is 5.34. The Hall–Kier alpha value is -2.80. The lowest BCUT2D eigenvalue weighted by atomic mass is 10.1. The van der Waals surface area contributed by atoms with Crippen molar-refractivity contribution in [3.63, 3.8) is 0 Å². The van der Waals surface area contributed by atoms with Crippen LogP contribution in [0.3, 0.4) is 0 Å². The second kappa shape index (κ2) is 8.06. The van der Waals surface area contributed by atoms with Gasteiger partial charge in [0.05, 0.1) is 12.3 Å². The molecule has 6 nitrogen and oxygen atoms in total. The molecule has 3 aromatic rings. The SMILES string of the molecule is Cc1cccc(N(Cc2ccccc2)C(=O)CSc2nnc(C3CC3)n2N)c1. The van der Waals surface area contributed by atoms with Crippen molar-refractivity contribution >= 4 is 23.4 Å². The van der Waals surface area contributed by atoms with Gasteiger partial charge in [0, 0.05) is 11.6 Å². The number of benzene rings is 2. The summed E-state index contributed by atoms with van der Waals surface area (Å²) in [6, 6.07) is 18.0. The number of nitrogens with zero attached hydrogens (tertiary/aromatic N) is 4. The standard InChI is InChI=1S/C21H23N5OS/c1-15-6-5-9-18(12-15)25(13-16-7-3-2-4-8-16)19(27)14-28-21-24-23-20(26(21)22)17-10-11-17/h2-9,12,17H,10-11,13-14,22H2,1H3. The average molecular weight is 394 g/mol. The zero-order valence-electron chi connectivity index (χ0n) is 15.8. The van der Waals surface area contributed by atoms with Crippen LogP contribution < -0.4 is 10.7 Å². The number of anilines is 1. The Labute approximate surface area is 168 Å². The van der Waals surface area contributed by atoms with Gasteiger partial charge in [-0.2, -0.15) is 0 Å². The summed E-state index contributed by atoms with van der Waals surface area (Å²) >= 11 is 1.33. The Morgan fingerprint density at radius 3 is 2.68 bits per heavy atom. The van der Waals surface area contributed by atoms with Crippen molar-refractivity contribution in [1.82, 2.24) is 14.9 Å². The second-order valence-corrected chi connectivity index (χ2v) is 8.02. The van der Waals surface area contributed by atoms with Crippen molar-refractivity contribution in [3.05, 3.63) is 71.5 Å². The van der Waals surface area contributed by atoms with Gasteiger partial charge in [-0.1, -0.05) is 54.2 Å². The van der Waals surface area contributed by atoms with Crippen LogP contribution in [0.15, 0.2) is 59.8 Å². The van der Waals surface area contributed by atoms with E-state index in [4.69, 9.17) is 5.84 Å². The highest BCUT2D eigenvalue weighted by Gasteiger charge is 2.30. The minimum absolute atomic E-state index is 0.00965. The summed E-state index contributed by atoms with van der Waals surface area (Å²) in [5, 5.41) is 8.92. The van der Waals surface area contributed by atoms with Crippen LogP contribution in [-0.2, 0) is 11.3 Å². The molecule has 1 aliphatic rings. The molecular formula is C21H23N5OS. The predicted molar refractivity (Wildman–Crippen MR) is 112 cm³/mol. The van der Waals surface area contributed by atoms with Gasteiger partial charge in [-0.15, -0.1) is 10.2 Å². The van der Waals surface area contributed by atoms with Gasteiger partial charge < -0.3 is 10.7 Å². The van der Waals surface area contributed by atoms with Gasteiger partial charge in [0.25, 0.3) is 0 Å². The molecule has 1 saturated carbocycles. The number of nitrogen functional groups attached to an aromatic ring is 1. The Morgan fingerprint density at radius 2 is 1.96 bits per heavy atom. The fraction of sp³-hybridized carbons (Fsp3) is 0.286. The van der Waals surface area contributed by atoms with Crippen LogP contribution in [0.2, 0.25) is 0 Å². The van der Waals surface area contributed by atoms with Crippen LogP contribution in [0.25, 0.3) is 0 Å². The molecule has 0 unspecified atom stereocenters. The zero-order valence-corrected chi connectivity index (χ0v) is 16.6. The van der Waals surface area contributed by atoms with Gasteiger partial charge >= 0.3 is 0 Å². The average Bonchev–Trinajstić information content (AvgIpc) is 3.48. The fourth-order valence-corrected chi connectivity index (χ4v) is 3.84. The van der Waals surface area contributed by atoms with E-state index in [0.717, 1.165) is 35.5 Å². The maximum absolute atomic E-state index is 13.1. The minimum atomic E-state index is 0.00965. The molecule has 1 fully saturated rings. The first-order chi connectivity index (χ1) is 13.6. The highest BCUT2D eigenvalue weighted by Crippen LogP contribution is 2.39. The van der Waals surface area contributed by atoms with E-state index in [1.165, 1.54) is 16.4 Å². The number of hydrogen-bond acceptors (Lipinski definition) is 5. The molecule has 0 atom stereocenters. The monoisotopic (exact) mass is 393 g/mol. The smallest absolute Gasteiger partial charge is 0.237 e. The third-order valence-corrected chi connectivity index (χ3v) is 5.68. The molecule has 0 bridgehead atoms. The first kappa shape index (κ1) is 18.6. The number of hydrogen-bond donors (Lipinski definition) is 1. The number of carbonyl (C=O) groups is 1. The third kappa shape index (κ3) is 4.20. The molecule has 1 aromatic heterocycles. The molecule has 4 rings (SSSR count). The number of thioether (sulfide) groups is 1. The predicted octanol–water partition coefficient (Wildman–Crippen LogP) is 3.50. The lowest BCUT2D eigenvalue weighted by Crippen LogP contribution is -2.32. The molecule has 1 amide bonds. The van der Waals surface area contributed by atoms with Crippen molar-refractivity contribution in [2.24, 2.45) is 0 Å². The normalized spacial score (nSPS) is 13.5. The summed E-state index contributed by atoms with van der Waals surface area (Å²) in [5.74, 6) is 7.60. The molecule has 0 aliphatic heterocycles. The van der Waals surface area contributed by atoms with Crippen molar-refractivity contribution in [1.29, 1.82) is 0 Å². The molecule has 0 radical (unpaired) electrons. The molecular weight excluding hydrogens is 370 g/mol. The molecule has 1 aliphatic carbocycles. The lowest BCUT2D eigenvalue weighted by molar-refractivity contribution is -0.116. The maximum Gasteiger partial charge on any atom is 0.237 e. The summed E-state index contributed by atoms with van der Waals surface area (Å²) in [5.41, 5.74) is 3.09. The summed E-state index contributed by atoms with van der Waals surface area (Å²) < 4.78 is 1.53. The molecule has 28 heavy (non-hydrogen) atoms. The van der Waals surface area contributed by atoms with E-state index in [1.54, 1.807) is 0 Å². The van der Waals surface area contributed by atoms with E-state index in [1.807, 2.05) is 66.4 Å². The molecule has 1 heterocycles. The third-order valence-electron chi connectivity index (χ3n) is 4.76. The highest BCUT2D eigenvalue weighted by molar-refractivity contribution is 7.99. The Bertz CT molecular complexity index is 968. The van der Waals surface area contributed by atoms with Crippen molar-refractivity contribution in [3.8, 4) is 0 Å². The number of nitrogens with two attached hydrogens (primary N) is 1. The van der Waals surface area contributed by atoms with Gasteiger partial charge in [-0.3, -0.25) is 4.79 Å². The minimum Gasteiger partial charge on any atom is -0.336 e. The zero-order chi connectivity index (χ0) is 19.5. The van der Waals surface area contributed by atoms with Crippen LogP contribution in [0.4, 0.5) is 5.69 Å². The van der Waals surface area contributed by atoms with Gasteiger partial charge in [-0.05, 0) is 43.0 Å². The summed E-state index contributed by atoms with van der Waals surface area (Å²) in [7, 11) is 0. The van der Waals surface area contributed by atoms with E-state index >= 15 is 0 Å². The first-order valence-corrected chi connectivity index (χ1v) is 10.3. The van der Waals surface area contributed by atoms with Gasteiger partial charge in [0.15, 0.2) is 5.82 Å². The second-order valence-electron chi connectivity index (χ2n) is 7.08. The van der Waals surface area contributed by atoms with E-state index in [-0.39, 0.29) is 11.7 Å². The van der Waals surface area contributed by atoms with Crippen molar-refractivity contribution < 1.29 is 4.79 Å². The van der Waals surface area contributed by atoms with E-state index in [0.29, 0.717) is 17.6 Å². The van der Waals surface area contributed by atoms with Gasteiger partial charge in [0.2, 0.25) is 11.1 Å². The maximum atomic E-state index is 13.1. The van der Waals surface area contributed by atoms with Crippen molar-refractivity contribution in [2.75, 3.05) is 16.5 Å². The molecule has 2 N–H and O–H groups in total. The number of rotatable bonds is 7. The van der Waals surface area contributed by atoms with Crippen LogP contribution in [0.1, 0.15) is 35.7 Å². The van der Waals surface area contributed by atoms with E-state index in [9.17, 15) is 4.79 Å². The summed E-state index contributed by atoms with van der Waals surface area (Å²) in [4.78, 5) is 14.9. The van der Waals surface area contributed by atoms with Gasteiger partial charge in [-0.25, -0.2) is 4.68 Å². The number of carbonyl (C=O) groups excluding carboxylic acids is 1. The topological polar surface area (TPSA) is 77.0 Å². The number of amides is 1. The fourth-order valence-electron chi connectivity index (χ4n) is 3.10.